The Hall–Kier alpha value is -1.89. The molecule has 0 aliphatic heterocycles. The number of thioether (sulfide) groups is 1. The topological polar surface area (TPSA) is 57.4 Å². The lowest BCUT2D eigenvalue weighted by molar-refractivity contribution is -0.143. The van der Waals surface area contributed by atoms with Crippen LogP contribution in [-0.4, -0.2) is 14.5 Å². The number of H-pyrrole nitrogens is 1. The van der Waals surface area contributed by atoms with Crippen LogP contribution in [0.5, 0.6) is 0 Å². The van der Waals surface area contributed by atoms with Crippen LogP contribution < -0.4 is 0 Å². The number of nitrogens with zero attached hydrogens (tertiary/aromatic N) is 3. The second kappa shape index (κ2) is 7.39. The molecule has 0 saturated carbocycles. The van der Waals surface area contributed by atoms with E-state index in [0.29, 0.717) is 15.7 Å². The standard InChI is InChI=1S/C16H9BrClF3N4S/c17-12-11(7-22)13(9-1-3-10(18)4-2-9)25(14(12)16(19,20)21)8-26-15-23-5-6-24-15/h1-6H,8H2,(H,23,24). The van der Waals surface area contributed by atoms with Crippen LogP contribution in [0.2, 0.25) is 5.02 Å². The fourth-order valence-corrected chi connectivity index (χ4v) is 4.10. The third-order valence-corrected chi connectivity index (χ3v) is 5.41. The van der Waals surface area contributed by atoms with Crippen molar-refractivity contribution in [3.05, 3.63) is 57.4 Å². The molecule has 0 amide bonds. The van der Waals surface area contributed by atoms with Crippen LogP contribution in [0.15, 0.2) is 46.3 Å². The number of rotatable bonds is 4. The van der Waals surface area contributed by atoms with E-state index in [0.717, 1.165) is 16.3 Å². The first-order valence-corrected chi connectivity index (χ1v) is 9.26. The minimum Gasteiger partial charge on any atom is -0.340 e. The summed E-state index contributed by atoms with van der Waals surface area (Å²) in [6.07, 6.45) is -1.54. The molecule has 2 heterocycles. The number of nitrogens with one attached hydrogen (secondary N) is 1. The maximum Gasteiger partial charge on any atom is 0.432 e. The largest absolute Gasteiger partial charge is 0.432 e. The monoisotopic (exact) mass is 460 g/mol. The van der Waals surface area contributed by atoms with Crippen molar-refractivity contribution < 1.29 is 13.2 Å². The van der Waals surface area contributed by atoms with Gasteiger partial charge in [-0.1, -0.05) is 35.5 Å². The van der Waals surface area contributed by atoms with Crippen molar-refractivity contribution in [2.24, 2.45) is 0 Å². The Kier molecular flexibility index (Phi) is 5.37. The number of imidazole rings is 1. The predicted octanol–water partition coefficient (Wildman–Crippen LogP) is 5.93. The molecule has 1 N–H and O–H groups in total. The second-order valence-corrected chi connectivity index (χ2v) is 7.26. The van der Waals surface area contributed by atoms with E-state index in [2.05, 4.69) is 25.9 Å². The summed E-state index contributed by atoms with van der Waals surface area (Å²) < 4.78 is 41.8. The molecule has 0 fully saturated rings. The van der Waals surface area contributed by atoms with Gasteiger partial charge in [0.05, 0.1) is 21.6 Å². The van der Waals surface area contributed by atoms with E-state index < -0.39 is 11.9 Å². The molecule has 4 nitrogen and oxygen atoms in total. The maximum absolute atomic E-state index is 13.7. The predicted molar refractivity (Wildman–Crippen MR) is 96.7 cm³/mol. The second-order valence-electron chi connectivity index (χ2n) is 5.10. The summed E-state index contributed by atoms with van der Waals surface area (Å²) in [5, 5.41) is 10.4. The smallest absolute Gasteiger partial charge is 0.340 e. The molecule has 1 aromatic carbocycles. The average molecular weight is 462 g/mol. The summed E-state index contributed by atoms with van der Waals surface area (Å²) in [5.41, 5.74) is -0.373. The lowest BCUT2D eigenvalue weighted by Crippen LogP contribution is -2.14. The first-order valence-electron chi connectivity index (χ1n) is 7.10. The third-order valence-electron chi connectivity index (χ3n) is 3.51. The lowest BCUT2D eigenvalue weighted by atomic mass is 10.1. The fourth-order valence-electron chi connectivity index (χ4n) is 2.46. The molecular weight excluding hydrogens is 453 g/mol. The molecule has 0 saturated heterocycles. The van der Waals surface area contributed by atoms with Crippen molar-refractivity contribution in [3.63, 3.8) is 0 Å². The number of hydrogen-bond donors (Lipinski definition) is 1. The summed E-state index contributed by atoms with van der Waals surface area (Å²) in [4.78, 5) is 6.84. The molecule has 0 spiro atoms. The van der Waals surface area contributed by atoms with E-state index in [9.17, 15) is 18.4 Å². The van der Waals surface area contributed by atoms with Gasteiger partial charge in [0.15, 0.2) is 5.16 Å². The van der Waals surface area contributed by atoms with Crippen molar-refractivity contribution in [1.29, 1.82) is 5.26 Å². The summed E-state index contributed by atoms with van der Waals surface area (Å²) in [6.45, 7) is 0. The zero-order valence-electron chi connectivity index (χ0n) is 12.8. The average Bonchev–Trinajstić information content (AvgIpc) is 3.18. The first-order chi connectivity index (χ1) is 12.3. The van der Waals surface area contributed by atoms with E-state index in [-0.39, 0.29) is 21.6 Å². The Bertz CT molecular complexity index is 960. The van der Waals surface area contributed by atoms with Gasteiger partial charge in [0.1, 0.15) is 11.8 Å². The highest BCUT2D eigenvalue weighted by atomic mass is 79.9. The van der Waals surface area contributed by atoms with E-state index in [1.165, 1.54) is 6.20 Å². The zero-order valence-corrected chi connectivity index (χ0v) is 16.0. The molecule has 0 unspecified atom stereocenters. The van der Waals surface area contributed by atoms with Crippen molar-refractivity contribution in [3.8, 4) is 17.3 Å². The summed E-state index contributed by atoms with van der Waals surface area (Å²) in [5.74, 6) is -0.0827. The number of aromatic nitrogens is 3. The van der Waals surface area contributed by atoms with Crippen LogP contribution in [-0.2, 0) is 12.1 Å². The van der Waals surface area contributed by atoms with Gasteiger partial charge >= 0.3 is 6.18 Å². The SMILES string of the molecule is N#Cc1c(Br)c(C(F)(F)F)n(CSc2ncc[nH]2)c1-c1ccc(Cl)cc1. The van der Waals surface area contributed by atoms with Gasteiger partial charge < -0.3 is 9.55 Å². The number of alkyl halides is 3. The van der Waals surface area contributed by atoms with Gasteiger partial charge in [0, 0.05) is 17.4 Å². The van der Waals surface area contributed by atoms with Crippen LogP contribution in [0, 0.1) is 11.3 Å². The zero-order chi connectivity index (χ0) is 18.9. The Labute approximate surface area is 164 Å². The molecule has 0 aliphatic carbocycles. The number of nitriles is 1. The number of halogens is 5. The highest BCUT2D eigenvalue weighted by Gasteiger charge is 2.40. The Morgan fingerprint density at radius 2 is 2.00 bits per heavy atom. The third kappa shape index (κ3) is 3.63. The Balaban J connectivity index is 2.20. The number of hydrogen-bond acceptors (Lipinski definition) is 3. The van der Waals surface area contributed by atoms with E-state index in [1.807, 2.05) is 6.07 Å². The van der Waals surface area contributed by atoms with Gasteiger partial charge in [0.2, 0.25) is 0 Å². The Morgan fingerprint density at radius 1 is 1.31 bits per heavy atom. The maximum atomic E-state index is 13.7. The molecule has 26 heavy (non-hydrogen) atoms. The molecule has 0 aliphatic rings. The van der Waals surface area contributed by atoms with Gasteiger partial charge in [-0.25, -0.2) is 4.98 Å². The quantitative estimate of drug-likeness (QED) is 0.490. The first kappa shape index (κ1) is 18.9. The van der Waals surface area contributed by atoms with Crippen LogP contribution in [0.3, 0.4) is 0 Å². The highest BCUT2D eigenvalue weighted by molar-refractivity contribution is 9.10. The van der Waals surface area contributed by atoms with E-state index in [4.69, 9.17) is 11.6 Å². The van der Waals surface area contributed by atoms with Gasteiger partial charge in [-0.15, -0.1) is 0 Å². The summed E-state index contributed by atoms with van der Waals surface area (Å²) >= 11 is 9.93. The molecule has 0 radical (unpaired) electrons. The van der Waals surface area contributed by atoms with Gasteiger partial charge in [0.25, 0.3) is 0 Å². The summed E-state index contributed by atoms with van der Waals surface area (Å²) in [7, 11) is 0. The summed E-state index contributed by atoms with van der Waals surface area (Å²) in [6, 6.07) is 8.17. The van der Waals surface area contributed by atoms with Gasteiger partial charge in [-0.05, 0) is 33.6 Å². The molecule has 3 aromatic rings. The van der Waals surface area contributed by atoms with Crippen molar-refractivity contribution in [1.82, 2.24) is 14.5 Å². The van der Waals surface area contributed by atoms with Crippen LogP contribution in [0.25, 0.3) is 11.3 Å². The Morgan fingerprint density at radius 3 is 2.54 bits per heavy atom. The normalized spacial score (nSPS) is 11.5. The lowest BCUT2D eigenvalue weighted by Gasteiger charge is -2.15. The number of aromatic amines is 1. The highest BCUT2D eigenvalue weighted by Crippen LogP contribution is 2.44. The molecule has 0 bridgehead atoms. The van der Waals surface area contributed by atoms with Crippen molar-refractivity contribution in [2.75, 3.05) is 0 Å². The van der Waals surface area contributed by atoms with Crippen LogP contribution in [0.4, 0.5) is 13.2 Å². The molecule has 10 heteroatoms. The van der Waals surface area contributed by atoms with E-state index >= 15 is 0 Å². The minimum atomic E-state index is -4.64. The minimum absolute atomic E-state index is 0.0827. The van der Waals surface area contributed by atoms with Crippen LogP contribution in [0.1, 0.15) is 11.3 Å². The van der Waals surface area contributed by atoms with Gasteiger partial charge in [-0.3, -0.25) is 0 Å². The molecule has 2 aromatic heterocycles. The molecule has 0 atom stereocenters. The fraction of sp³-hybridized carbons (Fsp3) is 0.125. The van der Waals surface area contributed by atoms with Crippen molar-refractivity contribution in [2.45, 2.75) is 17.2 Å². The molecule has 134 valence electrons. The molecule has 3 rings (SSSR count). The number of benzene rings is 1. The molecular formula is C16H9BrClF3N4S. The van der Waals surface area contributed by atoms with Crippen molar-refractivity contribution >= 4 is 39.3 Å². The van der Waals surface area contributed by atoms with E-state index in [1.54, 1.807) is 30.5 Å². The van der Waals surface area contributed by atoms with Crippen LogP contribution >= 0.6 is 39.3 Å². The van der Waals surface area contributed by atoms with Gasteiger partial charge in [-0.2, -0.15) is 18.4 Å².